The van der Waals surface area contributed by atoms with Gasteiger partial charge in [0.2, 0.25) is 0 Å². The monoisotopic (exact) mass is 434 g/mol. The Hall–Kier alpha value is -0.460. The van der Waals surface area contributed by atoms with E-state index in [4.69, 9.17) is 4.74 Å². The van der Waals surface area contributed by atoms with E-state index in [0.717, 1.165) is 10.0 Å². The van der Waals surface area contributed by atoms with E-state index in [1.807, 2.05) is 30.3 Å². The van der Waals surface area contributed by atoms with Gasteiger partial charge in [0.25, 0.3) is 0 Å². The van der Waals surface area contributed by atoms with Crippen LogP contribution >= 0.6 is 38.5 Å². The van der Waals surface area contributed by atoms with Crippen molar-refractivity contribution in [3.63, 3.8) is 0 Å². The van der Waals surface area contributed by atoms with Crippen molar-refractivity contribution in [1.82, 2.24) is 0 Å². The molecular formula is C15H13BrFIO. The van der Waals surface area contributed by atoms with Crippen LogP contribution < -0.4 is 0 Å². The highest BCUT2D eigenvalue weighted by Crippen LogP contribution is 2.24. The summed E-state index contributed by atoms with van der Waals surface area (Å²) in [5, 5.41) is 0. The Bertz CT molecular complexity index is 547. The van der Waals surface area contributed by atoms with E-state index in [0.29, 0.717) is 16.6 Å². The summed E-state index contributed by atoms with van der Waals surface area (Å²) in [6, 6.07) is 14.7. The fraction of sp³-hybridized carbons (Fsp3) is 0.200. The normalized spacial score (nSPS) is 12.4. The van der Waals surface area contributed by atoms with Gasteiger partial charge in [0, 0.05) is 14.5 Å². The van der Waals surface area contributed by atoms with Crippen molar-refractivity contribution < 1.29 is 9.13 Å². The quantitative estimate of drug-likeness (QED) is 0.459. The van der Waals surface area contributed by atoms with Gasteiger partial charge >= 0.3 is 0 Å². The first kappa shape index (κ1) is 14.9. The van der Waals surface area contributed by atoms with Crippen LogP contribution in [0.2, 0.25) is 0 Å². The molecule has 1 nitrogen and oxygen atoms in total. The highest BCUT2D eigenvalue weighted by Gasteiger charge is 2.14. The van der Waals surface area contributed by atoms with Crippen LogP contribution in [0.5, 0.6) is 0 Å². The van der Waals surface area contributed by atoms with Crippen molar-refractivity contribution in [3.05, 3.63) is 69.9 Å². The lowest BCUT2D eigenvalue weighted by Gasteiger charge is -2.16. The molecule has 0 aliphatic carbocycles. The van der Waals surface area contributed by atoms with E-state index in [2.05, 4.69) is 38.5 Å². The van der Waals surface area contributed by atoms with Crippen LogP contribution in [-0.2, 0) is 11.3 Å². The molecule has 0 aliphatic heterocycles. The van der Waals surface area contributed by atoms with Gasteiger partial charge in [0.05, 0.1) is 12.7 Å². The summed E-state index contributed by atoms with van der Waals surface area (Å²) >= 11 is 5.64. The average Bonchev–Trinajstić information content (AvgIpc) is 2.41. The fourth-order valence-corrected chi connectivity index (χ4v) is 2.95. The maximum atomic E-state index is 13.7. The lowest BCUT2D eigenvalue weighted by molar-refractivity contribution is 0.0553. The maximum absolute atomic E-state index is 13.7. The van der Waals surface area contributed by atoms with Crippen molar-refractivity contribution >= 4 is 38.5 Å². The fourth-order valence-electron chi connectivity index (χ4n) is 1.78. The third kappa shape index (κ3) is 4.26. The van der Waals surface area contributed by atoms with Gasteiger partial charge in [0.1, 0.15) is 5.82 Å². The Morgan fingerprint density at radius 2 is 1.95 bits per heavy atom. The molecule has 4 heteroatoms. The van der Waals surface area contributed by atoms with Crippen molar-refractivity contribution in [2.45, 2.75) is 12.7 Å². The zero-order valence-corrected chi connectivity index (χ0v) is 13.9. The highest BCUT2D eigenvalue weighted by molar-refractivity contribution is 14.1. The second-order valence-electron chi connectivity index (χ2n) is 4.11. The Morgan fingerprint density at radius 1 is 1.16 bits per heavy atom. The maximum Gasteiger partial charge on any atom is 0.129 e. The molecule has 2 rings (SSSR count). The Balaban J connectivity index is 2.06. The lowest BCUT2D eigenvalue weighted by atomic mass is 10.1. The first-order valence-electron chi connectivity index (χ1n) is 5.87. The molecule has 1 unspecified atom stereocenters. The summed E-state index contributed by atoms with van der Waals surface area (Å²) in [5.74, 6) is -0.210. The van der Waals surface area contributed by atoms with Crippen molar-refractivity contribution in [2.75, 3.05) is 4.43 Å². The molecule has 0 saturated heterocycles. The van der Waals surface area contributed by atoms with Crippen LogP contribution in [0.1, 0.15) is 17.2 Å². The number of halogens is 3. The molecule has 0 aliphatic rings. The number of alkyl halides is 1. The third-order valence-corrected chi connectivity index (χ3v) is 4.03. The number of rotatable bonds is 5. The lowest BCUT2D eigenvalue weighted by Crippen LogP contribution is -2.08. The van der Waals surface area contributed by atoms with Crippen LogP contribution in [0.15, 0.2) is 53.0 Å². The van der Waals surface area contributed by atoms with Gasteiger partial charge < -0.3 is 4.74 Å². The summed E-state index contributed by atoms with van der Waals surface area (Å²) in [4.78, 5) is 0. The SMILES string of the molecule is Fc1ccccc1C(CI)OCc1cccc(Br)c1. The smallest absolute Gasteiger partial charge is 0.129 e. The minimum absolute atomic E-state index is 0.210. The molecule has 2 aromatic rings. The molecule has 0 aromatic heterocycles. The van der Waals surface area contributed by atoms with Crippen molar-refractivity contribution in [1.29, 1.82) is 0 Å². The summed E-state index contributed by atoms with van der Waals surface area (Å²) in [6.07, 6.45) is -0.221. The largest absolute Gasteiger partial charge is 0.368 e. The zero-order chi connectivity index (χ0) is 13.7. The molecule has 0 amide bonds. The van der Waals surface area contributed by atoms with Gasteiger partial charge in [-0.15, -0.1) is 0 Å². The van der Waals surface area contributed by atoms with Crippen molar-refractivity contribution in [3.8, 4) is 0 Å². The molecule has 0 spiro atoms. The second-order valence-corrected chi connectivity index (χ2v) is 5.90. The van der Waals surface area contributed by atoms with Gasteiger partial charge in [-0.2, -0.15) is 0 Å². The minimum atomic E-state index is -0.221. The third-order valence-electron chi connectivity index (χ3n) is 2.73. The number of hydrogen-bond acceptors (Lipinski definition) is 1. The number of hydrogen-bond donors (Lipinski definition) is 0. The van der Waals surface area contributed by atoms with E-state index < -0.39 is 0 Å². The second kappa shape index (κ2) is 7.36. The molecule has 19 heavy (non-hydrogen) atoms. The topological polar surface area (TPSA) is 9.23 Å². The molecule has 100 valence electrons. The molecule has 0 fully saturated rings. The van der Waals surface area contributed by atoms with Gasteiger partial charge in [0.15, 0.2) is 0 Å². The van der Waals surface area contributed by atoms with E-state index in [-0.39, 0.29) is 11.9 Å². The molecule has 0 bridgehead atoms. The van der Waals surface area contributed by atoms with Crippen LogP contribution in [0.4, 0.5) is 4.39 Å². The molecule has 0 saturated carbocycles. The van der Waals surface area contributed by atoms with Crippen molar-refractivity contribution in [2.24, 2.45) is 0 Å². The molecule has 0 heterocycles. The predicted molar refractivity (Wildman–Crippen MR) is 87.0 cm³/mol. The highest BCUT2D eigenvalue weighted by atomic mass is 127. The summed E-state index contributed by atoms with van der Waals surface area (Å²) in [5.41, 5.74) is 1.69. The summed E-state index contributed by atoms with van der Waals surface area (Å²) < 4.78 is 21.3. The number of ether oxygens (including phenoxy) is 1. The first-order valence-corrected chi connectivity index (χ1v) is 8.19. The van der Waals surface area contributed by atoms with Crippen LogP contribution in [0.25, 0.3) is 0 Å². The predicted octanol–water partition coefficient (Wildman–Crippen LogP) is 5.28. The first-order chi connectivity index (χ1) is 9.20. The van der Waals surface area contributed by atoms with E-state index >= 15 is 0 Å². The Kier molecular flexibility index (Phi) is 5.78. The molecule has 0 N–H and O–H groups in total. The zero-order valence-electron chi connectivity index (χ0n) is 10.2. The molecule has 0 radical (unpaired) electrons. The number of benzene rings is 2. The molecule has 1 atom stereocenters. The van der Waals surface area contributed by atoms with E-state index in [1.165, 1.54) is 6.07 Å². The summed E-state index contributed by atoms with van der Waals surface area (Å²) in [6.45, 7) is 0.474. The average molecular weight is 435 g/mol. The minimum Gasteiger partial charge on any atom is -0.368 e. The standard InChI is InChI=1S/C15H13BrFIO/c16-12-5-3-4-11(8-12)10-19-15(9-18)13-6-1-2-7-14(13)17/h1-8,15H,9-10H2. The summed E-state index contributed by atoms with van der Waals surface area (Å²) in [7, 11) is 0. The van der Waals surface area contributed by atoms with Gasteiger partial charge in [-0.25, -0.2) is 4.39 Å². The van der Waals surface area contributed by atoms with E-state index in [9.17, 15) is 4.39 Å². The van der Waals surface area contributed by atoms with E-state index in [1.54, 1.807) is 12.1 Å². The van der Waals surface area contributed by atoms with Crippen LogP contribution in [0.3, 0.4) is 0 Å². The van der Waals surface area contributed by atoms with Gasteiger partial charge in [-0.05, 0) is 23.8 Å². The van der Waals surface area contributed by atoms with Gasteiger partial charge in [-0.3, -0.25) is 0 Å². The molecule has 2 aromatic carbocycles. The Morgan fingerprint density at radius 3 is 2.63 bits per heavy atom. The van der Waals surface area contributed by atoms with Crippen LogP contribution in [-0.4, -0.2) is 4.43 Å². The Labute approximate surface area is 134 Å². The van der Waals surface area contributed by atoms with Crippen LogP contribution in [0, 0.1) is 5.82 Å². The van der Waals surface area contributed by atoms with Gasteiger partial charge in [-0.1, -0.05) is 68.9 Å². The molecular weight excluding hydrogens is 422 g/mol.